The van der Waals surface area contributed by atoms with Gasteiger partial charge in [0.15, 0.2) is 6.54 Å². The number of amides is 1. The van der Waals surface area contributed by atoms with E-state index < -0.39 is 0 Å². The summed E-state index contributed by atoms with van der Waals surface area (Å²) in [6.07, 6.45) is 4.06. The molecule has 0 unspecified atom stereocenters. The molecule has 0 spiro atoms. The van der Waals surface area contributed by atoms with Gasteiger partial charge in [0.05, 0.1) is 33.7 Å². The molecule has 2 rings (SSSR count). The SMILES string of the molecule is CCOC(=O)C[N+](C)(C)CCC(=O)N[C@@H]1C[C@@H]2CC[C@]1(C)C2(C)C. The summed E-state index contributed by atoms with van der Waals surface area (Å²) < 4.78 is 5.48. The number of nitrogens with one attached hydrogen (secondary N) is 1. The Kier molecular flexibility index (Phi) is 5.34. The Balaban J connectivity index is 1.83. The number of rotatable bonds is 7. The van der Waals surface area contributed by atoms with Crippen LogP contribution in [0.2, 0.25) is 0 Å². The van der Waals surface area contributed by atoms with Gasteiger partial charge in [-0.05, 0) is 42.9 Å². The molecule has 2 saturated carbocycles. The fourth-order valence-corrected chi connectivity index (χ4v) is 4.73. The van der Waals surface area contributed by atoms with Crippen LogP contribution < -0.4 is 5.32 Å². The third-order valence-corrected chi connectivity index (χ3v) is 6.94. The van der Waals surface area contributed by atoms with Crippen molar-refractivity contribution in [3.8, 4) is 0 Å². The third-order valence-electron chi connectivity index (χ3n) is 6.94. The van der Waals surface area contributed by atoms with E-state index >= 15 is 0 Å². The van der Waals surface area contributed by atoms with E-state index in [0.29, 0.717) is 42.1 Å². The largest absolute Gasteiger partial charge is 0.462 e. The van der Waals surface area contributed by atoms with E-state index in [-0.39, 0.29) is 17.3 Å². The molecule has 0 aromatic carbocycles. The fraction of sp³-hybridized carbons (Fsp3) is 0.895. The second kappa shape index (κ2) is 6.66. The number of carbonyl (C=O) groups is 2. The van der Waals surface area contributed by atoms with Gasteiger partial charge < -0.3 is 14.5 Å². The number of carbonyl (C=O) groups excluding carboxylic acids is 2. The average Bonchev–Trinajstić information content (AvgIpc) is 2.78. The van der Waals surface area contributed by atoms with Gasteiger partial charge in [-0.2, -0.15) is 0 Å². The first-order valence-corrected chi connectivity index (χ1v) is 9.29. The molecular formula is C19H35N2O3+. The molecular weight excluding hydrogens is 304 g/mol. The van der Waals surface area contributed by atoms with Crippen LogP contribution >= 0.6 is 0 Å². The Bertz CT molecular complexity index is 501. The molecule has 0 radical (unpaired) electrons. The maximum atomic E-state index is 12.4. The molecule has 0 aromatic rings. The highest BCUT2D eigenvalue weighted by Gasteiger charge is 2.61. The van der Waals surface area contributed by atoms with E-state index in [1.165, 1.54) is 12.8 Å². The average molecular weight is 340 g/mol. The number of ether oxygens (including phenoxy) is 1. The highest BCUT2D eigenvalue weighted by Crippen LogP contribution is 2.65. The Labute approximate surface area is 146 Å². The van der Waals surface area contributed by atoms with Crippen molar-refractivity contribution >= 4 is 11.9 Å². The smallest absolute Gasteiger partial charge is 0.361 e. The normalized spacial score (nSPS) is 31.1. The lowest BCUT2D eigenvalue weighted by Crippen LogP contribution is -2.49. The predicted octanol–water partition coefficient (Wildman–Crippen LogP) is 2.35. The third kappa shape index (κ3) is 3.61. The molecule has 5 nitrogen and oxygen atoms in total. The van der Waals surface area contributed by atoms with Crippen LogP contribution in [0.3, 0.4) is 0 Å². The van der Waals surface area contributed by atoms with Crippen LogP contribution in [0, 0.1) is 16.7 Å². The highest BCUT2D eigenvalue weighted by molar-refractivity contribution is 5.76. The van der Waals surface area contributed by atoms with Crippen LogP contribution in [-0.4, -0.2) is 56.2 Å². The zero-order chi connectivity index (χ0) is 18.2. The van der Waals surface area contributed by atoms with Crippen molar-refractivity contribution < 1.29 is 18.8 Å². The van der Waals surface area contributed by atoms with Gasteiger partial charge in [-0.15, -0.1) is 0 Å². The van der Waals surface area contributed by atoms with Crippen LogP contribution in [0.4, 0.5) is 0 Å². The van der Waals surface area contributed by atoms with Crippen molar-refractivity contribution in [3.63, 3.8) is 0 Å². The van der Waals surface area contributed by atoms with E-state index in [1.54, 1.807) is 0 Å². The summed E-state index contributed by atoms with van der Waals surface area (Å²) in [5.41, 5.74) is 0.521. The lowest BCUT2D eigenvalue weighted by molar-refractivity contribution is -0.882. The van der Waals surface area contributed by atoms with Gasteiger partial charge in [-0.25, -0.2) is 4.79 Å². The molecule has 0 aliphatic heterocycles. The molecule has 0 heterocycles. The van der Waals surface area contributed by atoms with Crippen molar-refractivity contribution in [2.75, 3.05) is 33.8 Å². The summed E-state index contributed by atoms with van der Waals surface area (Å²) in [6.45, 7) is 10.2. The first kappa shape index (κ1) is 19.2. The monoisotopic (exact) mass is 339 g/mol. The van der Waals surface area contributed by atoms with Crippen LogP contribution in [0.15, 0.2) is 0 Å². The molecule has 2 aliphatic carbocycles. The zero-order valence-corrected chi connectivity index (χ0v) is 16.3. The predicted molar refractivity (Wildman–Crippen MR) is 94.3 cm³/mol. The number of quaternary nitrogens is 1. The van der Waals surface area contributed by atoms with Crippen LogP contribution in [0.5, 0.6) is 0 Å². The summed E-state index contributed by atoms with van der Waals surface area (Å²) in [5, 5.41) is 3.29. The number of likely N-dealkylation sites (N-methyl/N-ethyl adjacent to an activating group) is 1. The van der Waals surface area contributed by atoms with E-state index in [9.17, 15) is 9.59 Å². The molecule has 24 heavy (non-hydrogen) atoms. The Morgan fingerprint density at radius 3 is 2.42 bits per heavy atom. The van der Waals surface area contributed by atoms with Gasteiger partial charge in [0.2, 0.25) is 5.91 Å². The molecule has 1 N–H and O–H groups in total. The van der Waals surface area contributed by atoms with Gasteiger partial charge in [0, 0.05) is 6.04 Å². The molecule has 2 bridgehead atoms. The lowest BCUT2D eigenvalue weighted by atomic mass is 9.69. The zero-order valence-electron chi connectivity index (χ0n) is 16.3. The number of nitrogens with zero attached hydrogens (tertiary/aromatic N) is 1. The topological polar surface area (TPSA) is 55.4 Å². The van der Waals surface area contributed by atoms with Gasteiger partial charge in [-0.3, -0.25) is 4.79 Å². The van der Waals surface area contributed by atoms with E-state index in [1.807, 2.05) is 21.0 Å². The Hall–Kier alpha value is -1.10. The Morgan fingerprint density at radius 2 is 1.92 bits per heavy atom. The van der Waals surface area contributed by atoms with Crippen molar-refractivity contribution in [2.24, 2.45) is 16.7 Å². The van der Waals surface area contributed by atoms with Gasteiger partial charge >= 0.3 is 5.97 Å². The molecule has 2 aliphatic rings. The van der Waals surface area contributed by atoms with E-state index in [0.717, 1.165) is 12.3 Å². The van der Waals surface area contributed by atoms with Crippen LogP contribution in [0.1, 0.15) is 53.4 Å². The molecule has 5 heteroatoms. The second-order valence-electron chi connectivity index (χ2n) is 9.10. The highest BCUT2D eigenvalue weighted by atomic mass is 16.5. The summed E-state index contributed by atoms with van der Waals surface area (Å²) >= 11 is 0. The molecule has 138 valence electrons. The van der Waals surface area contributed by atoms with Gasteiger partial charge in [0.25, 0.3) is 0 Å². The summed E-state index contributed by atoms with van der Waals surface area (Å²) in [7, 11) is 3.93. The first-order chi connectivity index (χ1) is 11.0. The Morgan fingerprint density at radius 1 is 1.25 bits per heavy atom. The number of hydrogen-bond donors (Lipinski definition) is 1. The van der Waals surface area contributed by atoms with E-state index in [4.69, 9.17) is 4.74 Å². The maximum Gasteiger partial charge on any atom is 0.361 e. The standard InChI is InChI=1S/C19H34N2O3/c1-7-24-17(23)13-21(5,6)11-9-16(22)20-15-12-14-8-10-19(15,4)18(14,2)3/h14-15H,7-13H2,1-6H3/p+1/t14-,15+,19-/m0/s1. The minimum atomic E-state index is -0.203. The van der Waals surface area contributed by atoms with Gasteiger partial charge in [0.1, 0.15) is 0 Å². The van der Waals surface area contributed by atoms with Gasteiger partial charge in [-0.1, -0.05) is 20.8 Å². The van der Waals surface area contributed by atoms with Crippen LogP contribution in [-0.2, 0) is 14.3 Å². The van der Waals surface area contributed by atoms with Crippen molar-refractivity contribution in [3.05, 3.63) is 0 Å². The minimum Gasteiger partial charge on any atom is -0.462 e. The summed E-state index contributed by atoms with van der Waals surface area (Å²) in [5.74, 6) is 0.633. The first-order valence-electron chi connectivity index (χ1n) is 9.29. The summed E-state index contributed by atoms with van der Waals surface area (Å²) in [6, 6.07) is 0.291. The molecule has 3 atom stereocenters. The number of fused-ring (bicyclic) bond motifs is 2. The van der Waals surface area contributed by atoms with Crippen molar-refractivity contribution in [1.29, 1.82) is 0 Å². The summed E-state index contributed by atoms with van der Waals surface area (Å²) in [4.78, 5) is 24.1. The van der Waals surface area contributed by atoms with E-state index in [2.05, 4.69) is 26.1 Å². The maximum absolute atomic E-state index is 12.4. The van der Waals surface area contributed by atoms with Crippen molar-refractivity contribution in [2.45, 2.75) is 59.4 Å². The lowest BCUT2D eigenvalue weighted by Gasteiger charge is -2.39. The van der Waals surface area contributed by atoms with Crippen molar-refractivity contribution in [1.82, 2.24) is 5.32 Å². The quantitative estimate of drug-likeness (QED) is 0.572. The number of hydrogen-bond acceptors (Lipinski definition) is 3. The molecule has 1 amide bonds. The second-order valence-corrected chi connectivity index (χ2v) is 9.10. The molecule has 2 fully saturated rings. The minimum absolute atomic E-state index is 0.111. The molecule has 0 aromatic heterocycles. The molecule has 0 saturated heterocycles. The number of esters is 1. The van der Waals surface area contributed by atoms with Crippen LogP contribution in [0.25, 0.3) is 0 Å². The fourth-order valence-electron chi connectivity index (χ4n) is 4.73.